The molecule has 0 bridgehead atoms. The summed E-state index contributed by atoms with van der Waals surface area (Å²) in [7, 11) is 0. The summed E-state index contributed by atoms with van der Waals surface area (Å²) in [5, 5.41) is 0. The molecule has 136 valence electrons. The van der Waals surface area contributed by atoms with Crippen LogP contribution in [0.15, 0.2) is 34.7 Å². The largest absolute Gasteiger partial charge is 0.482 e. The van der Waals surface area contributed by atoms with Crippen molar-refractivity contribution >= 4 is 17.5 Å². The lowest BCUT2D eigenvalue weighted by molar-refractivity contribution is -0.121. The van der Waals surface area contributed by atoms with Crippen molar-refractivity contribution in [2.24, 2.45) is 0 Å². The van der Waals surface area contributed by atoms with Crippen LogP contribution in [0.4, 0.5) is 5.69 Å². The SMILES string of the molecule is Cc1ccc2c(c1)N(Cc1ccc(C(=O)N3CCCCC3)o1)C(=O)CO2. The summed E-state index contributed by atoms with van der Waals surface area (Å²) in [5.41, 5.74) is 1.79. The van der Waals surface area contributed by atoms with Crippen molar-refractivity contribution in [2.75, 3.05) is 24.6 Å². The Morgan fingerprint density at radius 1 is 1.12 bits per heavy atom. The molecular weight excluding hydrogens is 332 g/mol. The fourth-order valence-corrected chi connectivity index (χ4v) is 3.47. The number of hydrogen-bond donors (Lipinski definition) is 0. The molecule has 2 aliphatic rings. The third-order valence-corrected chi connectivity index (χ3v) is 4.89. The average molecular weight is 354 g/mol. The van der Waals surface area contributed by atoms with Crippen molar-refractivity contribution < 1.29 is 18.7 Å². The van der Waals surface area contributed by atoms with E-state index in [1.165, 1.54) is 6.42 Å². The Labute approximate surface area is 152 Å². The zero-order valence-electron chi connectivity index (χ0n) is 14.9. The number of aryl methyl sites for hydroxylation is 1. The van der Waals surface area contributed by atoms with E-state index in [9.17, 15) is 9.59 Å². The summed E-state index contributed by atoms with van der Waals surface area (Å²) in [6.07, 6.45) is 3.25. The Hall–Kier alpha value is -2.76. The van der Waals surface area contributed by atoms with Crippen molar-refractivity contribution in [3.63, 3.8) is 0 Å². The summed E-state index contributed by atoms with van der Waals surface area (Å²) < 4.78 is 11.3. The highest BCUT2D eigenvalue weighted by atomic mass is 16.5. The Bertz CT molecular complexity index is 836. The molecule has 2 aliphatic heterocycles. The standard InChI is InChI=1S/C20H22N2O4/c1-14-5-7-17-16(11-14)22(19(23)13-25-17)12-15-6-8-18(26-15)20(24)21-9-3-2-4-10-21/h5-8,11H,2-4,9-10,12-13H2,1H3. The molecule has 2 amide bonds. The predicted octanol–water partition coefficient (Wildman–Crippen LogP) is 3.14. The van der Waals surface area contributed by atoms with Crippen LogP contribution in [0.1, 0.15) is 41.1 Å². The number of carbonyl (C=O) groups excluding carboxylic acids is 2. The van der Waals surface area contributed by atoms with Crippen LogP contribution < -0.4 is 9.64 Å². The smallest absolute Gasteiger partial charge is 0.289 e. The van der Waals surface area contributed by atoms with Crippen LogP contribution in [-0.4, -0.2) is 36.4 Å². The molecule has 0 atom stereocenters. The molecule has 6 heteroatoms. The van der Waals surface area contributed by atoms with Crippen molar-refractivity contribution in [2.45, 2.75) is 32.7 Å². The van der Waals surface area contributed by atoms with Gasteiger partial charge in [0.15, 0.2) is 12.4 Å². The second kappa shape index (κ2) is 6.86. The van der Waals surface area contributed by atoms with Gasteiger partial charge in [0.2, 0.25) is 0 Å². The van der Waals surface area contributed by atoms with E-state index in [1.807, 2.05) is 30.0 Å². The first-order chi connectivity index (χ1) is 12.6. The van der Waals surface area contributed by atoms with E-state index < -0.39 is 0 Å². The van der Waals surface area contributed by atoms with E-state index in [4.69, 9.17) is 9.15 Å². The van der Waals surface area contributed by atoms with E-state index in [0.29, 0.717) is 17.3 Å². The molecule has 6 nitrogen and oxygen atoms in total. The van der Waals surface area contributed by atoms with Gasteiger partial charge in [0, 0.05) is 13.1 Å². The van der Waals surface area contributed by atoms with E-state index in [0.717, 1.165) is 37.2 Å². The molecular formula is C20H22N2O4. The third kappa shape index (κ3) is 3.19. The molecule has 0 radical (unpaired) electrons. The third-order valence-electron chi connectivity index (χ3n) is 4.89. The molecule has 26 heavy (non-hydrogen) atoms. The molecule has 3 heterocycles. The molecule has 1 aromatic heterocycles. The van der Waals surface area contributed by atoms with Crippen LogP contribution in [0.25, 0.3) is 0 Å². The predicted molar refractivity (Wildman–Crippen MR) is 96.3 cm³/mol. The zero-order chi connectivity index (χ0) is 18.1. The van der Waals surface area contributed by atoms with Gasteiger partial charge in [-0.25, -0.2) is 0 Å². The normalized spacial score (nSPS) is 17.0. The molecule has 1 aromatic carbocycles. The van der Waals surface area contributed by atoms with E-state index >= 15 is 0 Å². The summed E-state index contributed by atoms with van der Waals surface area (Å²) in [6, 6.07) is 9.23. The fraction of sp³-hybridized carbons (Fsp3) is 0.400. The minimum absolute atomic E-state index is 0.0103. The lowest BCUT2D eigenvalue weighted by Crippen LogP contribution is -2.38. The van der Waals surface area contributed by atoms with Crippen molar-refractivity contribution in [3.05, 3.63) is 47.4 Å². The maximum absolute atomic E-state index is 12.5. The molecule has 0 saturated carbocycles. The Balaban J connectivity index is 1.53. The van der Waals surface area contributed by atoms with Crippen LogP contribution in [-0.2, 0) is 11.3 Å². The quantitative estimate of drug-likeness (QED) is 0.849. The van der Waals surface area contributed by atoms with E-state index in [1.54, 1.807) is 17.0 Å². The van der Waals surface area contributed by atoms with Gasteiger partial charge >= 0.3 is 0 Å². The lowest BCUT2D eigenvalue weighted by atomic mass is 10.1. The summed E-state index contributed by atoms with van der Waals surface area (Å²) in [6.45, 7) is 3.83. The highest BCUT2D eigenvalue weighted by Gasteiger charge is 2.27. The fourth-order valence-electron chi connectivity index (χ4n) is 3.47. The highest BCUT2D eigenvalue weighted by molar-refractivity contribution is 5.97. The average Bonchev–Trinajstić information content (AvgIpc) is 3.13. The van der Waals surface area contributed by atoms with Gasteiger partial charge in [0.1, 0.15) is 11.5 Å². The number of ether oxygens (including phenoxy) is 1. The summed E-state index contributed by atoms with van der Waals surface area (Å²) in [4.78, 5) is 28.4. The second-order valence-corrected chi connectivity index (χ2v) is 6.86. The summed E-state index contributed by atoms with van der Waals surface area (Å²) >= 11 is 0. The number of furan rings is 1. The minimum atomic E-state index is -0.122. The molecule has 1 fully saturated rings. The number of carbonyl (C=O) groups is 2. The molecule has 0 unspecified atom stereocenters. The monoisotopic (exact) mass is 354 g/mol. The number of amides is 2. The van der Waals surface area contributed by atoms with Crippen LogP contribution >= 0.6 is 0 Å². The molecule has 4 rings (SSSR count). The first-order valence-corrected chi connectivity index (χ1v) is 9.03. The van der Waals surface area contributed by atoms with Gasteiger partial charge in [-0.3, -0.25) is 14.5 Å². The number of benzene rings is 1. The van der Waals surface area contributed by atoms with Gasteiger partial charge in [-0.05, 0) is 56.0 Å². The number of fused-ring (bicyclic) bond motifs is 1. The van der Waals surface area contributed by atoms with E-state index in [-0.39, 0.29) is 25.0 Å². The van der Waals surface area contributed by atoms with Crippen LogP contribution in [0.5, 0.6) is 5.75 Å². The maximum atomic E-state index is 12.5. The number of anilines is 1. The van der Waals surface area contributed by atoms with Gasteiger partial charge in [0.25, 0.3) is 11.8 Å². The number of piperidine rings is 1. The van der Waals surface area contributed by atoms with Crippen LogP contribution in [0.2, 0.25) is 0 Å². The number of nitrogens with zero attached hydrogens (tertiary/aromatic N) is 2. The van der Waals surface area contributed by atoms with Crippen molar-refractivity contribution in [3.8, 4) is 5.75 Å². The van der Waals surface area contributed by atoms with Crippen LogP contribution in [0, 0.1) is 6.92 Å². The molecule has 1 saturated heterocycles. The van der Waals surface area contributed by atoms with Crippen LogP contribution in [0.3, 0.4) is 0 Å². The number of rotatable bonds is 3. The maximum Gasteiger partial charge on any atom is 0.289 e. The lowest BCUT2D eigenvalue weighted by Gasteiger charge is -2.29. The van der Waals surface area contributed by atoms with Crippen molar-refractivity contribution in [1.82, 2.24) is 4.90 Å². The molecule has 0 spiro atoms. The minimum Gasteiger partial charge on any atom is -0.482 e. The van der Waals surface area contributed by atoms with Gasteiger partial charge in [-0.1, -0.05) is 6.07 Å². The number of hydrogen-bond acceptors (Lipinski definition) is 4. The van der Waals surface area contributed by atoms with Gasteiger partial charge in [0.05, 0.1) is 12.2 Å². The molecule has 0 aliphatic carbocycles. The Morgan fingerprint density at radius 2 is 1.92 bits per heavy atom. The number of likely N-dealkylation sites (tertiary alicyclic amines) is 1. The highest BCUT2D eigenvalue weighted by Crippen LogP contribution is 2.34. The second-order valence-electron chi connectivity index (χ2n) is 6.86. The molecule has 2 aromatic rings. The zero-order valence-corrected chi connectivity index (χ0v) is 14.9. The van der Waals surface area contributed by atoms with Gasteiger partial charge in [-0.2, -0.15) is 0 Å². The van der Waals surface area contributed by atoms with Gasteiger partial charge in [-0.15, -0.1) is 0 Å². The van der Waals surface area contributed by atoms with Gasteiger partial charge < -0.3 is 14.1 Å². The summed E-state index contributed by atoms with van der Waals surface area (Å²) in [5.74, 6) is 1.43. The topological polar surface area (TPSA) is 63.0 Å². The Morgan fingerprint density at radius 3 is 2.73 bits per heavy atom. The van der Waals surface area contributed by atoms with E-state index in [2.05, 4.69) is 0 Å². The Kier molecular flexibility index (Phi) is 4.41. The van der Waals surface area contributed by atoms with Crippen molar-refractivity contribution in [1.29, 1.82) is 0 Å². The molecule has 0 N–H and O–H groups in total. The first kappa shape index (κ1) is 16.7. The first-order valence-electron chi connectivity index (χ1n) is 9.03.